The average Bonchev–Trinajstić information content (AvgIpc) is 2.07. The maximum absolute atomic E-state index is 5.51. The van der Waals surface area contributed by atoms with E-state index in [-0.39, 0.29) is 5.54 Å². The van der Waals surface area contributed by atoms with Crippen molar-refractivity contribution < 1.29 is 4.74 Å². The van der Waals surface area contributed by atoms with Crippen LogP contribution in [0.15, 0.2) is 0 Å². The summed E-state index contributed by atoms with van der Waals surface area (Å²) in [5, 5.41) is 3.47. The molecule has 92 valence electrons. The first kappa shape index (κ1) is 14.9. The fourth-order valence-electron chi connectivity index (χ4n) is 1.14. The number of unbranched alkanes of at least 4 members (excludes halogenated alkanes) is 1. The van der Waals surface area contributed by atoms with Crippen LogP contribution in [0, 0.1) is 0 Å². The first-order valence-electron chi connectivity index (χ1n) is 5.89. The molecular formula is C12H28N2O. The van der Waals surface area contributed by atoms with E-state index in [0.29, 0.717) is 0 Å². The summed E-state index contributed by atoms with van der Waals surface area (Å²) in [6.07, 6.45) is 2.34. The monoisotopic (exact) mass is 216 g/mol. The molecule has 15 heavy (non-hydrogen) atoms. The van der Waals surface area contributed by atoms with E-state index in [2.05, 4.69) is 45.1 Å². The molecule has 0 aromatic rings. The maximum atomic E-state index is 5.51. The van der Waals surface area contributed by atoms with Gasteiger partial charge in [-0.15, -0.1) is 0 Å². The molecule has 0 fully saturated rings. The number of hydrogen-bond donors (Lipinski definition) is 1. The Morgan fingerprint density at radius 2 is 1.73 bits per heavy atom. The molecule has 0 aromatic carbocycles. The fourth-order valence-corrected chi connectivity index (χ4v) is 1.14. The van der Waals surface area contributed by atoms with Gasteiger partial charge in [-0.1, -0.05) is 0 Å². The lowest BCUT2D eigenvalue weighted by molar-refractivity contribution is 0.114. The Bertz CT molecular complexity index is 141. The van der Waals surface area contributed by atoms with E-state index in [4.69, 9.17) is 4.74 Å². The maximum Gasteiger partial charge on any atom is 0.0593 e. The van der Waals surface area contributed by atoms with E-state index in [9.17, 15) is 0 Å². The summed E-state index contributed by atoms with van der Waals surface area (Å²) < 4.78 is 5.51. The Labute approximate surface area is 95.2 Å². The van der Waals surface area contributed by atoms with Crippen molar-refractivity contribution in [1.82, 2.24) is 10.2 Å². The minimum atomic E-state index is 0.242. The van der Waals surface area contributed by atoms with Crippen LogP contribution in [0.2, 0.25) is 0 Å². The van der Waals surface area contributed by atoms with Crippen LogP contribution < -0.4 is 5.32 Å². The zero-order chi connectivity index (χ0) is 11.7. The third-order valence-electron chi connectivity index (χ3n) is 2.05. The summed E-state index contributed by atoms with van der Waals surface area (Å²) >= 11 is 0. The first-order chi connectivity index (χ1) is 6.92. The van der Waals surface area contributed by atoms with Crippen LogP contribution in [0.1, 0.15) is 33.6 Å². The van der Waals surface area contributed by atoms with Crippen molar-refractivity contribution in [2.45, 2.75) is 39.2 Å². The number of hydrogen-bond acceptors (Lipinski definition) is 3. The van der Waals surface area contributed by atoms with Crippen molar-refractivity contribution >= 4 is 0 Å². The molecule has 0 saturated carbocycles. The van der Waals surface area contributed by atoms with Gasteiger partial charge in [0.25, 0.3) is 0 Å². The highest BCUT2D eigenvalue weighted by atomic mass is 16.5. The van der Waals surface area contributed by atoms with E-state index in [1.165, 1.54) is 6.42 Å². The van der Waals surface area contributed by atoms with Crippen LogP contribution in [0.5, 0.6) is 0 Å². The van der Waals surface area contributed by atoms with Crippen molar-refractivity contribution in [3.63, 3.8) is 0 Å². The van der Waals surface area contributed by atoms with Gasteiger partial charge in [0.2, 0.25) is 0 Å². The first-order valence-corrected chi connectivity index (χ1v) is 5.89. The molecule has 0 aliphatic carbocycles. The summed E-state index contributed by atoms with van der Waals surface area (Å²) in [4.78, 5) is 2.14. The van der Waals surface area contributed by atoms with Crippen molar-refractivity contribution in [1.29, 1.82) is 0 Å². The van der Waals surface area contributed by atoms with Crippen LogP contribution in [-0.2, 0) is 4.74 Å². The highest BCUT2D eigenvalue weighted by Crippen LogP contribution is 1.99. The van der Waals surface area contributed by atoms with Gasteiger partial charge in [-0.2, -0.15) is 0 Å². The second kappa shape index (κ2) is 8.08. The second-order valence-corrected chi connectivity index (χ2v) is 5.30. The number of nitrogens with one attached hydrogen (secondary N) is 1. The Balaban J connectivity index is 3.06. The summed E-state index contributed by atoms with van der Waals surface area (Å²) in [5.41, 5.74) is 0.242. The summed E-state index contributed by atoms with van der Waals surface area (Å²) in [6, 6.07) is 0. The fraction of sp³-hybridized carbons (Fsp3) is 1.00. The van der Waals surface area contributed by atoms with Crippen molar-refractivity contribution in [2.24, 2.45) is 0 Å². The molecule has 0 atom stereocenters. The number of likely N-dealkylation sites (N-methyl/N-ethyl adjacent to an activating group) is 1. The molecule has 0 spiro atoms. The highest BCUT2D eigenvalue weighted by molar-refractivity contribution is 4.69. The van der Waals surface area contributed by atoms with E-state index < -0.39 is 0 Å². The molecule has 3 heteroatoms. The molecule has 0 aliphatic heterocycles. The molecule has 0 saturated heterocycles. The van der Waals surface area contributed by atoms with Crippen molar-refractivity contribution in [2.75, 3.05) is 40.4 Å². The third kappa shape index (κ3) is 13.9. The summed E-state index contributed by atoms with van der Waals surface area (Å²) in [5.74, 6) is 0. The lowest BCUT2D eigenvalue weighted by atomic mass is 10.1. The molecule has 0 radical (unpaired) electrons. The van der Waals surface area contributed by atoms with Crippen LogP contribution in [0.25, 0.3) is 0 Å². The Kier molecular flexibility index (Phi) is 8.02. The van der Waals surface area contributed by atoms with Gasteiger partial charge in [0.05, 0.1) is 6.61 Å². The molecular weight excluding hydrogens is 188 g/mol. The van der Waals surface area contributed by atoms with Crippen molar-refractivity contribution in [3.05, 3.63) is 0 Å². The Hall–Kier alpha value is -0.120. The third-order valence-corrected chi connectivity index (χ3v) is 2.05. The zero-order valence-corrected chi connectivity index (χ0v) is 11.1. The van der Waals surface area contributed by atoms with Crippen LogP contribution in [0.3, 0.4) is 0 Å². The molecule has 3 nitrogen and oxygen atoms in total. The zero-order valence-electron chi connectivity index (χ0n) is 11.1. The van der Waals surface area contributed by atoms with Crippen LogP contribution in [-0.4, -0.2) is 50.8 Å². The number of ether oxygens (including phenoxy) is 1. The normalized spacial score (nSPS) is 12.4. The van der Waals surface area contributed by atoms with Gasteiger partial charge in [0, 0.05) is 18.7 Å². The number of rotatable bonds is 8. The molecule has 0 bridgehead atoms. The average molecular weight is 216 g/mol. The summed E-state index contributed by atoms with van der Waals surface area (Å²) in [7, 11) is 4.13. The van der Waals surface area contributed by atoms with Gasteiger partial charge in [-0.05, 0) is 54.3 Å². The van der Waals surface area contributed by atoms with Gasteiger partial charge in [-0.25, -0.2) is 0 Å². The Morgan fingerprint density at radius 3 is 2.27 bits per heavy atom. The lowest BCUT2D eigenvalue weighted by Crippen LogP contribution is -2.36. The van der Waals surface area contributed by atoms with E-state index >= 15 is 0 Å². The van der Waals surface area contributed by atoms with E-state index in [1.54, 1.807) is 0 Å². The molecule has 0 aliphatic rings. The molecule has 0 heterocycles. The SMILES string of the molecule is CN(C)CCOCCCCNC(C)(C)C. The van der Waals surface area contributed by atoms with Gasteiger partial charge < -0.3 is 15.0 Å². The molecule has 0 rings (SSSR count). The van der Waals surface area contributed by atoms with Gasteiger partial charge in [0.15, 0.2) is 0 Å². The largest absolute Gasteiger partial charge is 0.380 e. The quantitative estimate of drug-likeness (QED) is 0.625. The molecule has 0 unspecified atom stereocenters. The predicted molar refractivity (Wildman–Crippen MR) is 66.4 cm³/mol. The van der Waals surface area contributed by atoms with Crippen LogP contribution in [0.4, 0.5) is 0 Å². The smallest absolute Gasteiger partial charge is 0.0593 e. The summed E-state index contributed by atoms with van der Waals surface area (Å²) in [6.45, 7) is 10.4. The lowest BCUT2D eigenvalue weighted by Gasteiger charge is -2.20. The van der Waals surface area contributed by atoms with Crippen molar-refractivity contribution in [3.8, 4) is 0 Å². The highest BCUT2D eigenvalue weighted by Gasteiger charge is 2.06. The molecule has 0 amide bonds. The Morgan fingerprint density at radius 1 is 1.07 bits per heavy atom. The van der Waals surface area contributed by atoms with E-state index in [0.717, 1.165) is 32.7 Å². The standard InChI is InChI=1S/C12H28N2O/c1-12(2,3)13-8-6-7-10-15-11-9-14(4)5/h13H,6-11H2,1-5H3. The molecule has 0 aromatic heterocycles. The van der Waals surface area contributed by atoms with E-state index in [1.807, 2.05) is 0 Å². The topological polar surface area (TPSA) is 24.5 Å². The molecule has 1 N–H and O–H groups in total. The minimum absolute atomic E-state index is 0.242. The van der Waals surface area contributed by atoms with Gasteiger partial charge in [0.1, 0.15) is 0 Å². The van der Waals surface area contributed by atoms with Gasteiger partial charge in [-0.3, -0.25) is 0 Å². The van der Waals surface area contributed by atoms with Crippen LogP contribution >= 0.6 is 0 Å². The second-order valence-electron chi connectivity index (χ2n) is 5.30. The predicted octanol–water partition coefficient (Wildman–Crippen LogP) is 1.73. The minimum Gasteiger partial charge on any atom is -0.380 e. The van der Waals surface area contributed by atoms with Gasteiger partial charge >= 0.3 is 0 Å². The number of nitrogens with zero attached hydrogens (tertiary/aromatic N) is 1.